The van der Waals surface area contributed by atoms with Crippen molar-refractivity contribution in [1.82, 2.24) is 0 Å². The first-order valence-electron chi connectivity index (χ1n) is 8.34. The molecule has 0 bridgehead atoms. The molecule has 0 saturated heterocycles. The number of benzene rings is 2. The summed E-state index contributed by atoms with van der Waals surface area (Å²) in [7, 11) is -3.41. The smallest absolute Gasteiger partial charge is 0.333 e. The number of ether oxygens (including phenoxy) is 2. The zero-order valence-corrected chi connectivity index (χ0v) is 15.4. The first kappa shape index (κ1) is 19.7. The summed E-state index contributed by atoms with van der Waals surface area (Å²) in [6.45, 7) is 1.99. The van der Waals surface area contributed by atoms with Gasteiger partial charge in [-0.2, -0.15) is 0 Å². The number of hydrogen-bond acceptors (Lipinski definition) is 5. The molecule has 1 atom stereocenters. The first-order chi connectivity index (χ1) is 12.5. The van der Waals surface area contributed by atoms with Gasteiger partial charge in [-0.1, -0.05) is 48.5 Å². The molecule has 6 heteroatoms. The molecular weight excluding hydrogens is 352 g/mol. The largest absolute Gasteiger partial charge is 0.493 e. The van der Waals surface area contributed by atoms with Crippen molar-refractivity contribution >= 4 is 15.8 Å². The van der Waals surface area contributed by atoms with Gasteiger partial charge in [-0.3, -0.25) is 0 Å². The standard InChI is InChI=1S/C20H22O5S/c1-2-24-20(21)13-15-25-19(17-9-5-3-6-10-17)14-16-26(22,23)18-11-7-4-8-12-18/h3-13,15,19H,2,14,16H2,1H3/b15-13+. The predicted molar refractivity (Wildman–Crippen MR) is 99.2 cm³/mol. The van der Waals surface area contributed by atoms with Gasteiger partial charge in [-0.05, 0) is 24.6 Å². The van der Waals surface area contributed by atoms with E-state index in [2.05, 4.69) is 0 Å². The molecule has 5 nitrogen and oxygen atoms in total. The van der Waals surface area contributed by atoms with E-state index < -0.39 is 21.9 Å². The summed E-state index contributed by atoms with van der Waals surface area (Å²) < 4.78 is 35.4. The maximum atomic E-state index is 12.5. The van der Waals surface area contributed by atoms with E-state index in [1.54, 1.807) is 37.3 Å². The van der Waals surface area contributed by atoms with Crippen molar-refractivity contribution in [2.24, 2.45) is 0 Å². The number of rotatable bonds is 9. The molecule has 0 heterocycles. The van der Waals surface area contributed by atoms with Crippen LogP contribution in [-0.4, -0.2) is 26.7 Å². The highest BCUT2D eigenvalue weighted by atomic mass is 32.2. The van der Waals surface area contributed by atoms with E-state index >= 15 is 0 Å². The Morgan fingerprint density at radius 2 is 1.65 bits per heavy atom. The molecule has 0 aliphatic heterocycles. The number of hydrogen-bond donors (Lipinski definition) is 0. The van der Waals surface area contributed by atoms with Crippen LogP contribution in [0.15, 0.2) is 77.9 Å². The fourth-order valence-corrected chi connectivity index (χ4v) is 3.70. The van der Waals surface area contributed by atoms with Crippen LogP contribution >= 0.6 is 0 Å². The maximum Gasteiger partial charge on any atom is 0.333 e. The third kappa shape index (κ3) is 6.04. The summed E-state index contributed by atoms with van der Waals surface area (Å²) >= 11 is 0. The molecule has 0 fully saturated rings. The van der Waals surface area contributed by atoms with Crippen LogP contribution in [0.25, 0.3) is 0 Å². The van der Waals surface area contributed by atoms with Crippen LogP contribution in [0.2, 0.25) is 0 Å². The molecular formula is C20H22O5S. The van der Waals surface area contributed by atoms with Crippen molar-refractivity contribution < 1.29 is 22.7 Å². The number of esters is 1. The van der Waals surface area contributed by atoms with Gasteiger partial charge in [0.25, 0.3) is 0 Å². The van der Waals surface area contributed by atoms with Gasteiger partial charge in [0, 0.05) is 6.42 Å². The van der Waals surface area contributed by atoms with Gasteiger partial charge < -0.3 is 9.47 Å². The molecule has 0 N–H and O–H groups in total. The molecule has 2 aromatic rings. The topological polar surface area (TPSA) is 69.7 Å². The Morgan fingerprint density at radius 3 is 2.27 bits per heavy atom. The van der Waals surface area contributed by atoms with Crippen molar-refractivity contribution in [3.63, 3.8) is 0 Å². The summed E-state index contributed by atoms with van der Waals surface area (Å²) in [6.07, 6.45) is 2.21. The molecule has 0 aliphatic carbocycles. The third-order valence-corrected chi connectivity index (χ3v) is 5.42. The second kappa shape index (κ2) is 9.77. The molecule has 1 unspecified atom stereocenters. The van der Waals surface area contributed by atoms with E-state index in [1.807, 2.05) is 30.3 Å². The summed E-state index contributed by atoms with van der Waals surface area (Å²) in [6, 6.07) is 17.6. The van der Waals surface area contributed by atoms with Crippen LogP contribution < -0.4 is 0 Å². The molecule has 2 rings (SSSR count). The van der Waals surface area contributed by atoms with Crippen LogP contribution in [0.3, 0.4) is 0 Å². The first-order valence-corrected chi connectivity index (χ1v) is 9.99. The van der Waals surface area contributed by atoms with Crippen molar-refractivity contribution in [1.29, 1.82) is 0 Å². The highest BCUT2D eigenvalue weighted by Gasteiger charge is 2.19. The van der Waals surface area contributed by atoms with Crippen LogP contribution in [0.5, 0.6) is 0 Å². The van der Waals surface area contributed by atoms with Crippen molar-refractivity contribution in [3.8, 4) is 0 Å². The van der Waals surface area contributed by atoms with Gasteiger partial charge in [-0.25, -0.2) is 13.2 Å². The van der Waals surface area contributed by atoms with Crippen molar-refractivity contribution in [2.45, 2.75) is 24.3 Å². The molecule has 0 saturated carbocycles. The van der Waals surface area contributed by atoms with E-state index in [4.69, 9.17) is 9.47 Å². The molecule has 2 aromatic carbocycles. The van der Waals surface area contributed by atoms with Crippen LogP contribution in [0, 0.1) is 0 Å². The van der Waals surface area contributed by atoms with Crippen molar-refractivity contribution in [3.05, 3.63) is 78.6 Å². The fraction of sp³-hybridized carbons (Fsp3) is 0.250. The zero-order chi connectivity index (χ0) is 18.8. The Kier molecular flexibility index (Phi) is 7.41. The Bertz CT molecular complexity index is 814. The van der Waals surface area contributed by atoms with Crippen LogP contribution in [0.4, 0.5) is 0 Å². The zero-order valence-electron chi connectivity index (χ0n) is 14.6. The monoisotopic (exact) mass is 374 g/mol. The van der Waals surface area contributed by atoms with Gasteiger partial charge in [0.05, 0.1) is 29.6 Å². The number of sulfone groups is 1. The van der Waals surface area contributed by atoms with Gasteiger partial charge in [0.15, 0.2) is 9.84 Å². The SMILES string of the molecule is CCOC(=O)/C=C/OC(CCS(=O)(=O)c1ccccc1)c1ccccc1. The quantitative estimate of drug-likeness (QED) is 0.380. The van der Waals surface area contributed by atoms with E-state index in [0.717, 1.165) is 5.56 Å². The van der Waals surface area contributed by atoms with E-state index in [0.29, 0.717) is 0 Å². The maximum absolute atomic E-state index is 12.5. The van der Waals surface area contributed by atoms with Gasteiger partial charge >= 0.3 is 5.97 Å². The fourth-order valence-electron chi connectivity index (χ4n) is 2.37. The summed E-state index contributed by atoms with van der Waals surface area (Å²) in [5, 5.41) is 0. The van der Waals surface area contributed by atoms with E-state index in [9.17, 15) is 13.2 Å². The van der Waals surface area contributed by atoms with Gasteiger partial charge in [0.2, 0.25) is 0 Å². The average Bonchev–Trinajstić information content (AvgIpc) is 2.66. The Morgan fingerprint density at radius 1 is 1.04 bits per heavy atom. The minimum absolute atomic E-state index is 0.0657. The molecule has 0 spiro atoms. The third-order valence-electron chi connectivity index (χ3n) is 3.66. The lowest BCUT2D eigenvalue weighted by atomic mass is 10.1. The van der Waals surface area contributed by atoms with E-state index in [1.165, 1.54) is 12.3 Å². The molecule has 26 heavy (non-hydrogen) atoms. The summed E-state index contributed by atoms with van der Waals surface area (Å²) in [4.78, 5) is 11.7. The number of carbonyl (C=O) groups excluding carboxylic acids is 1. The van der Waals surface area contributed by atoms with Crippen molar-refractivity contribution in [2.75, 3.05) is 12.4 Å². The summed E-state index contributed by atoms with van der Waals surface area (Å²) in [5.74, 6) is -0.569. The normalized spacial score (nSPS) is 12.7. The highest BCUT2D eigenvalue weighted by Crippen LogP contribution is 2.24. The molecule has 0 amide bonds. The molecule has 138 valence electrons. The molecule has 0 aliphatic rings. The van der Waals surface area contributed by atoms with E-state index in [-0.39, 0.29) is 23.7 Å². The lowest BCUT2D eigenvalue weighted by Gasteiger charge is -2.17. The van der Waals surface area contributed by atoms with Gasteiger partial charge in [-0.15, -0.1) is 0 Å². The van der Waals surface area contributed by atoms with Crippen LogP contribution in [0.1, 0.15) is 25.0 Å². The Balaban J connectivity index is 2.08. The Labute approximate surface area is 154 Å². The second-order valence-electron chi connectivity index (χ2n) is 5.51. The lowest BCUT2D eigenvalue weighted by Crippen LogP contribution is -2.12. The predicted octanol–water partition coefficient (Wildman–Crippen LogP) is 3.69. The summed E-state index contributed by atoms with van der Waals surface area (Å²) in [5.41, 5.74) is 0.837. The second-order valence-corrected chi connectivity index (χ2v) is 7.62. The lowest BCUT2D eigenvalue weighted by molar-refractivity contribution is -0.137. The minimum Gasteiger partial charge on any atom is -0.493 e. The minimum atomic E-state index is -3.41. The molecule has 0 aromatic heterocycles. The average molecular weight is 374 g/mol. The highest BCUT2D eigenvalue weighted by molar-refractivity contribution is 7.91. The molecule has 0 radical (unpaired) electrons. The Hall–Kier alpha value is -2.60. The van der Waals surface area contributed by atoms with Gasteiger partial charge in [0.1, 0.15) is 6.10 Å². The number of carbonyl (C=O) groups is 1. The van der Waals surface area contributed by atoms with Crippen LogP contribution in [-0.2, 0) is 24.1 Å².